The fourth-order valence-corrected chi connectivity index (χ4v) is 1.61. The molecule has 0 bridgehead atoms. The lowest BCUT2D eigenvalue weighted by atomic mass is 9.99. The van der Waals surface area contributed by atoms with Crippen LogP contribution in [0, 0.1) is 0 Å². The monoisotopic (exact) mass is 248 g/mol. The molecule has 18 heavy (non-hydrogen) atoms. The van der Waals surface area contributed by atoms with Crippen LogP contribution in [0.15, 0.2) is 30.4 Å². The fourth-order valence-electron chi connectivity index (χ4n) is 1.61. The first-order valence-corrected chi connectivity index (χ1v) is 5.49. The largest absolute Gasteiger partial charge is 0.508 e. The highest BCUT2D eigenvalue weighted by Gasteiger charge is 2.15. The van der Waals surface area contributed by atoms with Gasteiger partial charge in [0, 0.05) is 24.7 Å². The Morgan fingerprint density at radius 1 is 1.56 bits per heavy atom. The predicted molar refractivity (Wildman–Crippen MR) is 67.8 cm³/mol. The molecule has 1 unspecified atom stereocenters. The number of hydrogen-bond acceptors (Lipinski definition) is 4. The molecule has 0 amide bonds. The van der Waals surface area contributed by atoms with Gasteiger partial charge < -0.3 is 9.84 Å². The van der Waals surface area contributed by atoms with Crippen molar-refractivity contribution in [3.8, 4) is 5.75 Å². The van der Waals surface area contributed by atoms with Crippen molar-refractivity contribution in [1.29, 1.82) is 0 Å². The summed E-state index contributed by atoms with van der Waals surface area (Å²) in [5.74, 6) is -0.0137. The Labute approximate surface area is 106 Å². The van der Waals surface area contributed by atoms with Gasteiger partial charge in [-0.15, -0.1) is 0 Å². The molecule has 1 rings (SSSR count). The van der Waals surface area contributed by atoms with Gasteiger partial charge >= 0.3 is 0 Å². The van der Waals surface area contributed by atoms with Gasteiger partial charge in [-0.2, -0.15) is 0 Å². The summed E-state index contributed by atoms with van der Waals surface area (Å²) in [5, 5.41) is 9.73. The van der Waals surface area contributed by atoms with Crippen molar-refractivity contribution in [3.05, 3.63) is 41.5 Å². The number of hydrogen-bond donors (Lipinski definition) is 1. The summed E-state index contributed by atoms with van der Waals surface area (Å²) in [7, 11) is 1.46. The minimum absolute atomic E-state index is 0.0701. The SMILES string of the molecule is C=C(C=O)C(Cc1cc(C(C)=O)ccc1O)OC. The molecule has 4 heteroatoms. The van der Waals surface area contributed by atoms with Crippen LogP contribution in [0.3, 0.4) is 0 Å². The highest BCUT2D eigenvalue weighted by atomic mass is 16.5. The van der Waals surface area contributed by atoms with E-state index in [0.717, 1.165) is 0 Å². The molecule has 0 aliphatic rings. The first kappa shape index (κ1) is 14.1. The first-order valence-electron chi connectivity index (χ1n) is 5.49. The van der Waals surface area contributed by atoms with Gasteiger partial charge in [0.15, 0.2) is 5.78 Å². The van der Waals surface area contributed by atoms with Crippen molar-refractivity contribution in [2.45, 2.75) is 19.4 Å². The Hall–Kier alpha value is -1.94. The molecule has 0 aliphatic carbocycles. The number of ketones is 1. The molecule has 0 aromatic heterocycles. The van der Waals surface area contributed by atoms with E-state index in [9.17, 15) is 14.7 Å². The van der Waals surface area contributed by atoms with Gasteiger partial charge in [-0.25, -0.2) is 0 Å². The van der Waals surface area contributed by atoms with Gasteiger partial charge in [-0.3, -0.25) is 9.59 Å². The van der Waals surface area contributed by atoms with Crippen molar-refractivity contribution >= 4 is 12.1 Å². The second-order valence-corrected chi connectivity index (χ2v) is 4.02. The molecule has 1 atom stereocenters. The van der Waals surface area contributed by atoms with Gasteiger partial charge in [0.05, 0.1) is 6.10 Å². The molecule has 0 heterocycles. The standard InChI is InChI=1S/C14H16O4/c1-9(8-15)14(18-3)7-12-6-11(10(2)16)4-5-13(12)17/h4-6,8,14,17H,1,7H2,2-3H3. The van der Waals surface area contributed by atoms with E-state index in [2.05, 4.69) is 6.58 Å². The molecule has 0 radical (unpaired) electrons. The molecule has 1 N–H and O–H groups in total. The molecule has 0 saturated carbocycles. The van der Waals surface area contributed by atoms with Gasteiger partial charge in [0.25, 0.3) is 0 Å². The quantitative estimate of drug-likeness (QED) is 0.474. The van der Waals surface area contributed by atoms with Crippen LogP contribution in [0.25, 0.3) is 0 Å². The second-order valence-electron chi connectivity index (χ2n) is 4.02. The molecule has 0 saturated heterocycles. The lowest BCUT2D eigenvalue weighted by molar-refractivity contribution is -0.105. The van der Waals surface area contributed by atoms with Crippen molar-refractivity contribution in [3.63, 3.8) is 0 Å². The van der Waals surface area contributed by atoms with E-state index in [1.54, 1.807) is 12.1 Å². The summed E-state index contributed by atoms with van der Waals surface area (Å²) < 4.78 is 5.14. The lowest BCUT2D eigenvalue weighted by Gasteiger charge is -2.15. The van der Waals surface area contributed by atoms with E-state index >= 15 is 0 Å². The molecule has 0 spiro atoms. The van der Waals surface area contributed by atoms with Crippen molar-refractivity contribution < 1.29 is 19.4 Å². The molecule has 0 aliphatic heterocycles. The normalized spacial score (nSPS) is 11.9. The van der Waals surface area contributed by atoms with Crippen LogP contribution >= 0.6 is 0 Å². The summed E-state index contributed by atoms with van der Waals surface area (Å²) in [4.78, 5) is 21.9. The summed E-state index contributed by atoms with van der Waals surface area (Å²) in [5.41, 5.74) is 1.36. The first-order chi connectivity index (χ1) is 8.49. The van der Waals surface area contributed by atoms with E-state index in [-0.39, 0.29) is 11.5 Å². The van der Waals surface area contributed by atoms with Crippen molar-refractivity contribution in [2.24, 2.45) is 0 Å². The van der Waals surface area contributed by atoms with E-state index in [4.69, 9.17) is 4.74 Å². The number of carbonyl (C=O) groups excluding carboxylic acids is 2. The zero-order chi connectivity index (χ0) is 13.7. The molecule has 1 aromatic carbocycles. The number of benzene rings is 1. The van der Waals surface area contributed by atoms with Gasteiger partial charge in [-0.1, -0.05) is 6.58 Å². The fraction of sp³-hybridized carbons (Fsp3) is 0.286. The Morgan fingerprint density at radius 3 is 2.72 bits per heavy atom. The van der Waals surface area contributed by atoms with Crippen molar-refractivity contribution in [2.75, 3.05) is 7.11 Å². The number of carbonyl (C=O) groups is 2. The van der Waals surface area contributed by atoms with Crippen LogP contribution in [-0.2, 0) is 16.0 Å². The van der Waals surface area contributed by atoms with E-state index < -0.39 is 6.10 Å². The molecule has 1 aromatic rings. The van der Waals surface area contributed by atoms with Crippen molar-refractivity contribution in [1.82, 2.24) is 0 Å². The van der Waals surface area contributed by atoms with Crippen LogP contribution in [0.1, 0.15) is 22.8 Å². The zero-order valence-corrected chi connectivity index (χ0v) is 10.5. The Morgan fingerprint density at radius 2 is 2.22 bits per heavy atom. The number of phenols is 1. The molecule has 96 valence electrons. The summed E-state index contributed by atoms with van der Waals surface area (Å²) >= 11 is 0. The summed E-state index contributed by atoms with van der Waals surface area (Å²) in [6.07, 6.45) is 0.414. The maximum atomic E-state index is 11.3. The molecular formula is C14H16O4. The van der Waals surface area contributed by atoms with Crippen LogP contribution < -0.4 is 0 Å². The smallest absolute Gasteiger partial charge is 0.159 e. The minimum Gasteiger partial charge on any atom is -0.508 e. The Kier molecular flexibility index (Phi) is 4.80. The highest BCUT2D eigenvalue weighted by molar-refractivity contribution is 5.94. The Bertz CT molecular complexity index is 477. The average Bonchev–Trinajstić information content (AvgIpc) is 2.36. The third-order valence-electron chi connectivity index (χ3n) is 2.74. The second kappa shape index (κ2) is 6.12. The van der Waals surface area contributed by atoms with Gasteiger partial charge in [0.2, 0.25) is 0 Å². The average molecular weight is 248 g/mol. The highest BCUT2D eigenvalue weighted by Crippen LogP contribution is 2.22. The van der Waals surface area contributed by atoms with E-state index in [1.807, 2.05) is 0 Å². The number of methoxy groups -OCH3 is 1. The zero-order valence-electron chi connectivity index (χ0n) is 10.5. The molecule has 4 nitrogen and oxygen atoms in total. The third kappa shape index (κ3) is 3.28. The van der Waals surface area contributed by atoms with Crippen LogP contribution in [0.2, 0.25) is 0 Å². The Balaban J connectivity index is 3.01. The lowest BCUT2D eigenvalue weighted by Crippen LogP contribution is -2.17. The number of phenolic OH excluding ortho intramolecular Hbond substituents is 1. The van der Waals surface area contributed by atoms with Crippen LogP contribution in [0.5, 0.6) is 5.75 Å². The van der Waals surface area contributed by atoms with Gasteiger partial charge in [0.1, 0.15) is 12.0 Å². The summed E-state index contributed by atoms with van der Waals surface area (Å²) in [6, 6.07) is 4.61. The number of aldehydes is 1. The maximum Gasteiger partial charge on any atom is 0.159 e. The molecular weight excluding hydrogens is 232 g/mol. The predicted octanol–water partition coefficient (Wildman–Crippen LogP) is 1.91. The number of Topliss-reactive ketones (excluding diaryl/α,β-unsaturated/α-hetero) is 1. The topological polar surface area (TPSA) is 63.6 Å². The van der Waals surface area contributed by atoms with E-state index in [0.29, 0.717) is 29.4 Å². The van der Waals surface area contributed by atoms with Gasteiger partial charge in [-0.05, 0) is 30.7 Å². The number of ether oxygens (including phenoxy) is 1. The minimum atomic E-state index is -0.504. The van der Waals surface area contributed by atoms with Crippen LogP contribution in [0.4, 0.5) is 0 Å². The summed E-state index contributed by atoms with van der Waals surface area (Å²) in [6.45, 7) is 5.04. The van der Waals surface area contributed by atoms with Crippen LogP contribution in [-0.4, -0.2) is 30.4 Å². The molecule has 0 fully saturated rings. The maximum absolute atomic E-state index is 11.3. The number of aromatic hydroxyl groups is 1. The van der Waals surface area contributed by atoms with E-state index in [1.165, 1.54) is 20.1 Å². The number of rotatable bonds is 6. The third-order valence-corrected chi connectivity index (χ3v) is 2.74.